The van der Waals surface area contributed by atoms with Gasteiger partial charge in [0.25, 0.3) is 11.6 Å². The molecule has 0 radical (unpaired) electrons. The molecule has 1 amide bonds. The van der Waals surface area contributed by atoms with E-state index in [1.807, 2.05) is 0 Å². The summed E-state index contributed by atoms with van der Waals surface area (Å²) in [7, 11) is 0. The Hall–Kier alpha value is -4.33. The lowest BCUT2D eigenvalue weighted by Gasteiger charge is -2.11. The molecule has 0 aromatic heterocycles. The molecule has 0 atom stereocenters. The Balaban J connectivity index is 1.69. The number of nitrogens with zero attached hydrogens (tertiary/aromatic N) is 1. The Labute approximate surface area is 171 Å². The molecule has 0 aliphatic carbocycles. The van der Waals surface area contributed by atoms with Crippen LogP contribution in [-0.4, -0.2) is 29.2 Å². The van der Waals surface area contributed by atoms with Crippen LogP contribution in [0, 0.1) is 10.1 Å². The van der Waals surface area contributed by atoms with E-state index in [1.165, 1.54) is 24.3 Å². The smallest absolute Gasteiger partial charge is 0.345 e. The van der Waals surface area contributed by atoms with Gasteiger partial charge in [0.15, 0.2) is 12.4 Å². The third kappa shape index (κ3) is 4.74. The highest BCUT2D eigenvalue weighted by molar-refractivity contribution is 6.14. The standard InChI is InChI=1S/C22H16N2O6/c25-20(14-30-22(27)17-11-5-7-13-19(17)24(28)29)23-18-12-6-4-10-16(18)21(26)15-8-2-1-3-9-15/h1-13H,14H2,(H,23,25). The molecule has 150 valence electrons. The molecular formula is C22H16N2O6. The van der Waals surface area contributed by atoms with Crippen LogP contribution < -0.4 is 5.32 Å². The van der Waals surface area contributed by atoms with E-state index in [4.69, 9.17) is 4.74 Å². The van der Waals surface area contributed by atoms with Gasteiger partial charge in [-0.05, 0) is 18.2 Å². The largest absolute Gasteiger partial charge is 0.452 e. The van der Waals surface area contributed by atoms with E-state index in [0.29, 0.717) is 5.56 Å². The summed E-state index contributed by atoms with van der Waals surface area (Å²) in [5.41, 5.74) is 0.332. The first-order chi connectivity index (χ1) is 14.5. The Morgan fingerprint density at radius 2 is 1.43 bits per heavy atom. The van der Waals surface area contributed by atoms with Gasteiger partial charge in [-0.2, -0.15) is 0 Å². The minimum absolute atomic E-state index is 0.255. The normalized spacial score (nSPS) is 10.1. The summed E-state index contributed by atoms with van der Waals surface area (Å²) in [4.78, 5) is 47.4. The van der Waals surface area contributed by atoms with Gasteiger partial charge < -0.3 is 10.1 Å². The van der Waals surface area contributed by atoms with Crippen LogP contribution in [0.4, 0.5) is 11.4 Å². The third-order valence-electron chi connectivity index (χ3n) is 4.14. The number of para-hydroxylation sites is 2. The molecule has 0 saturated carbocycles. The second-order valence-corrected chi connectivity index (χ2v) is 6.14. The van der Waals surface area contributed by atoms with Crippen LogP contribution in [0.15, 0.2) is 78.9 Å². The van der Waals surface area contributed by atoms with Crippen molar-refractivity contribution in [3.8, 4) is 0 Å². The Morgan fingerprint density at radius 1 is 0.833 bits per heavy atom. The molecule has 0 spiro atoms. The van der Waals surface area contributed by atoms with Crippen molar-refractivity contribution < 1.29 is 24.0 Å². The van der Waals surface area contributed by atoms with Crippen molar-refractivity contribution in [3.05, 3.63) is 106 Å². The first-order valence-electron chi connectivity index (χ1n) is 8.86. The number of ketones is 1. The van der Waals surface area contributed by atoms with Crippen LogP contribution in [0.5, 0.6) is 0 Å². The zero-order valence-corrected chi connectivity index (χ0v) is 15.6. The molecular weight excluding hydrogens is 388 g/mol. The summed E-state index contributed by atoms with van der Waals surface area (Å²) in [5, 5.41) is 13.5. The fourth-order valence-corrected chi connectivity index (χ4v) is 2.74. The molecule has 3 rings (SSSR count). The van der Waals surface area contributed by atoms with Gasteiger partial charge in [0.1, 0.15) is 5.56 Å². The summed E-state index contributed by atoms with van der Waals surface area (Å²) in [5.74, 6) is -1.95. The van der Waals surface area contributed by atoms with Crippen molar-refractivity contribution in [2.75, 3.05) is 11.9 Å². The molecule has 0 unspecified atom stereocenters. The number of nitro benzene ring substituents is 1. The van der Waals surface area contributed by atoms with E-state index < -0.39 is 29.1 Å². The average molecular weight is 404 g/mol. The number of nitrogens with one attached hydrogen (secondary N) is 1. The number of hydrogen-bond acceptors (Lipinski definition) is 6. The van der Waals surface area contributed by atoms with E-state index in [9.17, 15) is 24.5 Å². The van der Waals surface area contributed by atoms with Crippen molar-refractivity contribution in [3.63, 3.8) is 0 Å². The summed E-state index contributed by atoms with van der Waals surface area (Å²) in [6, 6.07) is 20.3. The summed E-state index contributed by atoms with van der Waals surface area (Å²) in [6.45, 7) is -0.668. The molecule has 1 N–H and O–H groups in total. The lowest BCUT2D eigenvalue weighted by atomic mass is 10.0. The van der Waals surface area contributed by atoms with Crippen molar-refractivity contribution in [2.24, 2.45) is 0 Å². The van der Waals surface area contributed by atoms with Gasteiger partial charge in [-0.15, -0.1) is 0 Å². The van der Waals surface area contributed by atoms with Gasteiger partial charge in [0, 0.05) is 17.2 Å². The Bertz CT molecular complexity index is 1110. The lowest BCUT2D eigenvalue weighted by molar-refractivity contribution is -0.385. The molecule has 0 aliphatic heterocycles. The minimum atomic E-state index is -0.994. The summed E-state index contributed by atoms with van der Waals surface area (Å²) < 4.78 is 4.90. The molecule has 0 saturated heterocycles. The first kappa shape index (κ1) is 20.4. The van der Waals surface area contributed by atoms with Gasteiger partial charge in [0.05, 0.1) is 10.6 Å². The number of carbonyl (C=O) groups excluding carboxylic acids is 3. The van der Waals surface area contributed by atoms with Crippen molar-refractivity contribution >= 4 is 29.0 Å². The molecule has 0 aliphatic rings. The average Bonchev–Trinajstić information content (AvgIpc) is 2.78. The van der Waals surface area contributed by atoms with Crippen molar-refractivity contribution in [1.29, 1.82) is 0 Å². The highest BCUT2D eigenvalue weighted by Crippen LogP contribution is 2.20. The lowest BCUT2D eigenvalue weighted by Crippen LogP contribution is -2.22. The van der Waals surface area contributed by atoms with Crippen molar-refractivity contribution in [1.82, 2.24) is 0 Å². The molecule has 0 heterocycles. The topological polar surface area (TPSA) is 116 Å². The van der Waals surface area contributed by atoms with Crippen LogP contribution in [0.1, 0.15) is 26.3 Å². The van der Waals surface area contributed by atoms with Gasteiger partial charge in [-0.1, -0.05) is 54.6 Å². The van der Waals surface area contributed by atoms with Crippen molar-refractivity contribution in [2.45, 2.75) is 0 Å². The summed E-state index contributed by atoms with van der Waals surface area (Å²) >= 11 is 0. The van der Waals surface area contributed by atoms with E-state index in [2.05, 4.69) is 5.32 Å². The van der Waals surface area contributed by atoms with E-state index >= 15 is 0 Å². The zero-order valence-electron chi connectivity index (χ0n) is 15.6. The van der Waals surface area contributed by atoms with Crippen LogP contribution in [0.2, 0.25) is 0 Å². The number of carbonyl (C=O) groups is 3. The number of amides is 1. The number of nitro groups is 1. The van der Waals surface area contributed by atoms with Crippen LogP contribution in [0.25, 0.3) is 0 Å². The highest BCUT2D eigenvalue weighted by Gasteiger charge is 2.21. The van der Waals surface area contributed by atoms with Crippen LogP contribution in [-0.2, 0) is 9.53 Å². The maximum absolute atomic E-state index is 12.7. The first-order valence-corrected chi connectivity index (χ1v) is 8.86. The van der Waals surface area contributed by atoms with Gasteiger partial charge in [-0.25, -0.2) is 4.79 Å². The molecule has 0 fully saturated rings. The maximum Gasteiger partial charge on any atom is 0.345 e. The number of anilines is 1. The SMILES string of the molecule is O=C(COC(=O)c1ccccc1[N+](=O)[O-])Nc1ccccc1C(=O)c1ccccc1. The molecule has 8 nitrogen and oxygen atoms in total. The Kier molecular flexibility index (Phi) is 6.29. The zero-order chi connectivity index (χ0) is 21.5. The third-order valence-corrected chi connectivity index (χ3v) is 4.14. The second-order valence-electron chi connectivity index (χ2n) is 6.14. The summed E-state index contributed by atoms with van der Waals surface area (Å²) in [6.07, 6.45) is 0. The Morgan fingerprint density at radius 3 is 2.13 bits per heavy atom. The van der Waals surface area contributed by atoms with E-state index in [-0.39, 0.29) is 22.6 Å². The number of benzene rings is 3. The predicted octanol–water partition coefficient (Wildman–Crippen LogP) is 3.62. The van der Waals surface area contributed by atoms with Gasteiger partial charge >= 0.3 is 5.97 Å². The molecule has 8 heteroatoms. The highest BCUT2D eigenvalue weighted by atomic mass is 16.6. The number of esters is 1. The second kappa shape index (κ2) is 9.24. The molecule has 3 aromatic rings. The van der Waals surface area contributed by atoms with Gasteiger partial charge in [-0.3, -0.25) is 19.7 Å². The number of ether oxygens (including phenoxy) is 1. The fraction of sp³-hybridized carbons (Fsp3) is 0.0455. The van der Waals surface area contributed by atoms with Gasteiger partial charge in [0.2, 0.25) is 0 Å². The maximum atomic E-state index is 12.7. The quantitative estimate of drug-likeness (QED) is 0.278. The molecule has 3 aromatic carbocycles. The number of rotatable bonds is 7. The predicted molar refractivity (Wildman–Crippen MR) is 108 cm³/mol. The molecule has 30 heavy (non-hydrogen) atoms. The monoisotopic (exact) mass is 404 g/mol. The minimum Gasteiger partial charge on any atom is -0.452 e. The molecule has 0 bridgehead atoms. The van der Waals surface area contributed by atoms with Crippen LogP contribution in [0.3, 0.4) is 0 Å². The number of hydrogen-bond donors (Lipinski definition) is 1. The van der Waals surface area contributed by atoms with E-state index in [1.54, 1.807) is 54.6 Å². The van der Waals surface area contributed by atoms with E-state index in [0.717, 1.165) is 0 Å². The fourth-order valence-electron chi connectivity index (χ4n) is 2.74. The van der Waals surface area contributed by atoms with Crippen LogP contribution >= 0.6 is 0 Å².